The summed E-state index contributed by atoms with van der Waals surface area (Å²) in [7, 11) is 3.13. The molecule has 0 bridgehead atoms. The van der Waals surface area contributed by atoms with Gasteiger partial charge < -0.3 is 19.3 Å². The zero-order valence-corrected chi connectivity index (χ0v) is 13.9. The number of hydrogen-bond donors (Lipinski definition) is 1. The van der Waals surface area contributed by atoms with Gasteiger partial charge in [-0.2, -0.15) is 4.98 Å². The van der Waals surface area contributed by atoms with E-state index in [9.17, 15) is 4.79 Å². The Morgan fingerprint density at radius 1 is 1.33 bits per heavy atom. The van der Waals surface area contributed by atoms with Gasteiger partial charge in [-0.15, -0.1) is 0 Å². The van der Waals surface area contributed by atoms with E-state index >= 15 is 0 Å². The van der Waals surface area contributed by atoms with Gasteiger partial charge in [-0.1, -0.05) is 5.16 Å². The highest BCUT2D eigenvalue weighted by molar-refractivity contribution is 5.92. The molecule has 1 fully saturated rings. The molecule has 3 rings (SSSR count). The Bertz CT molecular complexity index is 725. The summed E-state index contributed by atoms with van der Waals surface area (Å²) in [6.45, 7) is 3.58. The Morgan fingerprint density at radius 3 is 2.71 bits per heavy atom. The number of anilines is 1. The van der Waals surface area contributed by atoms with E-state index in [2.05, 4.69) is 15.5 Å². The van der Waals surface area contributed by atoms with E-state index in [1.54, 1.807) is 39.3 Å². The van der Waals surface area contributed by atoms with Crippen LogP contribution in [0.4, 0.5) is 5.69 Å². The molecular weight excluding hydrogens is 312 g/mol. The highest BCUT2D eigenvalue weighted by atomic mass is 16.5. The molecule has 8 heteroatoms. The first-order chi connectivity index (χ1) is 11.6. The predicted molar refractivity (Wildman–Crippen MR) is 86.4 cm³/mol. The summed E-state index contributed by atoms with van der Waals surface area (Å²) in [6, 6.07) is 5.27. The zero-order chi connectivity index (χ0) is 17.1. The highest BCUT2D eigenvalue weighted by Crippen LogP contribution is 2.30. The fourth-order valence-corrected chi connectivity index (χ4v) is 2.65. The van der Waals surface area contributed by atoms with Crippen molar-refractivity contribution in [2.24, 2.45) is 0 Å². The molecule has 0 saturated carbocycles. The van der Waals surface area contributed by atoms with E-state index < -0.39 is 0 Å². The van der Waals surface area contributed by atoms with Gasteiger partial charge in [-0.05, 0) is 19.1 Å². The number of rotatable bonds is 6. The minimum Gasteiger partial charge on any atom is -0.493 e. The Balaban J connectivity index is 1.50. The van der Waals surface area contributed by atoms with Crippen molar-refractivity contribution in [3.05, 3.63) is 29.9 Å². The van der Waals surface area contributed by atoms with Gasteiger partial charge in [-0.3, -0.25) is 9.69 Å². The smallest absolute Gasteiger partial charge is 0.238 e. The van der Waals surface area contributed by atoms with Crippen LogP contribution in [0.2, 0.25) is 0 Å². The van der Waals surface area contributed by atoms with E-state index in [-0.39, 0.29) is 11.8 Å². The van der Waals surface area contributed by atoms with Crippen LogP contribution in [0.5, 0.6) is 11.5 Å². The molecule has 1 amide bonds. The molecule has 1 aliphatic heterocycles. The number of benzene rings is 1. The first-order valence-electron chi connectivity index (χ1n) is 7.63. The minimum absolute atomic E-state index is 0.0811. The maximum atomic E-state index is 12.1. The molecule has 2 heterocycles. The minimum atomic E-state index is -0.0811. The third-order valence-corrected chi connectivity index (χ3v) is 3.88. The summed E-state index contributed by atoms with van der Waals surface area (Å²) in [5.41, 5.74) is 0.669. The number of hydrogen-bond acceptors (Lipinski definition) is 7. The molecule has 128 valence electrons. The molecule has 0 aliphatic carbocycles. The van der Waals surface area contributed by atoms with E-state index in [1.165, 1.54) is 0 Å². The van der Waals surface area contributed by atoms with E-state index in [0.717, 1.165) is 13.1 Å². The van der Waals surface area contributed by atoms with Crippen LogP contribution in [0, 0.1) is 6.92 Å². The summed E-state index contributed by atoms with van der Waals surface area (Å²) >= 11 is 0. The Hall–Kier alpha value is -2.61. The van der Waals surface area contributed by atoms with Gasteiger partial charge in [0.25, 0.3) is 0 Å². The number of amides is 1. The summed E-state index contributed by atoms with van der Waals surface area (Å²) < 4.78 is 15.6. The average molecular weight is 332 g/mol. The number of aryl methyl sites for hydroxylation is 1. The largest absolute Gasteiger partial charge is 0.493 e. The van der Waals surface area contributed by atoms with Crippen molar-refractivity contribution in [2.45, 2.75) is 12.8 Å². The zero-order valence-electron chi connectivity index (χ0n) is 13.9. The number of likely N-dealkylation sites (tertiary alicyclic amines) is 1. The molecule has 1 aliphatic rings. The van der Waals surface area contributed by atoms with Gasteiger partial charge in [0.1, 0.15) is 0 Å². The molecule has 1 aromatic heterocycles. The van der Waals surface area contributed by atoms with Gasteiger partial charge in [0, 0.05) is 24.8 Å². The number of carbonyl (C=O) groups is 1. The molecule has 1 saturated heterocycles. The van der Waals surface area contributed by atoms with Crippen molar-refractivity contribution >= 4 is 11.6 Å². The van der Waals surface area contributed by atoms with Crippen LogP contribution in [0.25, 0.3) is 0 Å². The first-order valence-corrected chi connectivity index (χ1v) is 7.63. The second-order valence-electron chi connectivity index (χ2n) is 5.69. The molecular formula is C16H20N4O4. The van der Waals surface area contributed by atoms with Crippen LogP contribution in [-0.4, -0.2) is 54.8 Å². The van der Waals surface area contributed by atoms with Crippen LogP contribution < -0.4 is 14.8 Å². The van der Waals surface area contributed by atoms with Crippen molar-refractivity contribution in [1.82, 2.24) is 15.0 Å². The second kappa shape index (κ2) is 6.88. The fourth-order valence-electron chi connectivity index (χ4n) is 2.65. The summed E-state index contributed by atoms with van der Waals surface area (Å²) in [6.07, 6.45) is 0. The second-order valence-corrected chi connectivity index (χ2v) is 5.69. The van der Waals surface area contributed by atoms with Crippen molar-refractivity contribution in [1.29, 1.82) is 0 Å². The van der Waals surface area contributed by atoms with E-state index in [0.29, 0.717) is 35.4 Å². The highest BCUT2D eigenvalue weighted by Gasteiger charge is 2.33. The molecule has 24 heavy (non-hydrogen) atoms. The molecule has 8 nitrogen and oxygen atoms in total. The van der Waals surface area contributed by atoms with E-state index in [1.807, 2.05) is 4.90 Å². The Morgan fingerprint density at radius 2 is 2.08 bits per heavy atom. The standard InChI is InChI=1S/C16H20N4O4/c1-10-17-16(24-19-10)11-7-20(8-11)9-15(21)18-12-4-5-13(22-2)14(6-12)23-3/h4-6,11H,7-9H2,1-3H3,(H,18,21). The normalized spacial score (nSPS) is 15.0. The third kappa shape index (κ3) is 3.48. The monoisotopic (exact) mass is 332 g/mol. The topological polar surface area (TPSA) is 89.7 Å². The van der Waals surface area contributed by atoms with Crippen molar-refractivity contribution < 1.29 is 18.8 Å². The third-order valence-electron chi connectivity index (χ3n) is 3.88. The van der Waals surface area contributed by atoms with Crippen LogP contribution in [0.1, 0.15) is 17.6 Å². The summed E-state index contributed by atoms with van der Waals surface area (Å²) in [5.74, 6) is 2.60. The molecule has 0 spiro atoms. The number of ether oxygens (including phenoxy) is 2. The van der Waals surface area contributed by atoms with Gasteiger partial charge in [0.05, 0.1) is 26.7 Å². The molecule has 0 radical (unpaired) electrons. The fraction of sp³-hybridized carbons (Fsp3) is 0.438. The number of nitrogens with zero attached hydrogens (tertiary/aromatic N) is 3. The summed E-state index contributed by atoms with van der Waals surface area (Å²) in [4.78, 5) is 18.4. The van der Waals surface area contributed by atoms with E-state index in [4.69, 9.17) is 14.0 Å². The lowest BCUT2D eigenvalue weighted by Gasteiger charge is -2.36. The van der Waals surface area contributed by atoms with Crippen molar-refractivity contribution in [2.75, 3.05) is 39.2 Å². The Labute approximate surface area is 139 Å². The lowest BCUT2D eigenvalue weighted by atomic mass is 10.0. The van der Waals surface area contributed by atoms with Gasteiger partial charge >= 0.3 is 0 Å². The van der Waals surface area contributed by atoms with Crippen LogP contribution >= 0.6 is 0 Å². The van der Waals surface area contributed by atoms with Crippen LogP contribution in [0.15, 0.2) is 22.7 Å². The lowest BCUT2D eigenvalue weighted by Crippen LogP contribution is -2.48. The summed E-state index contributed by atoms with van der Waals surface area (Å²) in [5, 5.41) is 6.64. The maximum absolute atomic E-state index is 12.1. The van der Waals surface area contributed by atoms with Crippen molar-refractivity contribution in [3.63, 3.8) is 0 Å². The van der Waals surface area contributed by atoms with Gasteiger partial charge in [0.2, 0.25) is 11.8 Å². The molecule has 2 aromatic rings. The molecule has 1 N–H and O–H groups in total. The van der Waals surface area contributed by atoms with Crippen LogP contribution in [-0.2, 0) is 4.79 Å². The maximum Gasteiger partial charge on any atom is 0.238 e. The number of nitrogens with one attached hydrogen (secondary N) is 1. The Kier molecular flexibility index (Phi) is 4.66. The van der Waals surface area contributed by atoms with Gasteiger partial charge in [0.15, 0.2) is 17.3 Å². The SMILES string of the molecule is COc1ccc(NC(=O)CN2CC(c3nc(C)no3)C2)cc1OC. The predicted octanol–water partition coefficient (Wildman–Crippen LogP) is 1.43. The number of carbonyl (C=O) groups excluding carboxylic acids is 1. The lowest BCUT2D eigenvalue weighted by molar-refractivity contribution is -0.118. The number of methoxy groups -OCH3 is 2. The molecule has 0 atom stereocenters. The first kappa shape index (κ1) is 16.3. The van der Waals surface area contributed by atoms with Gasteiger partial charge in [-0.25, -0.2) is 0 Å². The number of aromatic nitrogens is 2. The van der Waals surface area contributed by atoms with Crippen molar-refractivity contribution in [3.8, 4) is 11.5 Å². The molecule has 1 aromatic carbocycles. The van der Waals surface area contributed by atoms with Crippen LogP contribution in [0.3, 0.4) is 0 Å². The molecule has 0 unspecified atom stereocenters. The quantitative estimate of drug-likeness (QED) is 0.856. The average Bonchev–Trinajstić information content (AvgIpc) is 2.96.